The normalized spacial score (nSPS) is 11.5. The molecule has 6 nitrogen and oxygen atoms in total. The van der Waals surface area contributed by atoms with Crippen LogP contribution >= 0.6 is 0 Å². The number of aliphatic hydroxyl groups excluding tert-OH is 1. The van der Waals surface area contributed by atoms with E-state index in [4.69, 9.17) is 9.47 Å². The zero-order chi connectivity index (χ0) is 18.1. The Morgan fingerprint density at radius 2 is 1.80 bits per heavy atom. The summed E-state index contributed by atoms with van der Waals surface area (Å²) >= 11 is 0. The number of amides is 2. The molecule has 0 aliphatic carbocycles. The zero-order valence-electron chi connectivity index (χ0n) is 14.5. The fourth-order valence-electron chi connectivity index (χ4n) is 2.31. The van der Waals surface area contributed by atoms with Crippen molar-refractivity contribution in [2.45, 2.75) is 19.4 Å². The van der Waals surface area contributed by atoms with Gasteiger partial charge in [-0.25, -0.2) is 4.79 Å². The summed E-state index contributed by atoms with van der Waals surface area (Å²) in [6.45, 7) is 2.15. The molecule has 0 fully saturated rings. The van der Waals surface area contributed by atoms with Crippen LogP contribution in [0.3, 0.4) is 0 Å². The molecule has 0 aliphatic rings. The topological polar surface area (TPSA) is 79.8 Å². The summed E-state index contributed by atoms with van der Waals surface area (Å²) in [7, 11) is 1.55. The van der Waals surface area contributed by atoms with Crippen LogP contribution in [0.2, 0.25) is 0 Å². The Hall–Kier alpha value is -2.73. The highest BCUT2D eigenvalue weighted by Crippen LogP contribution is 2.25. The highest BCUT2D eigenvalue weighted by molar-refractivity contribution is 5.90. The monoisotopic (exact) mass is 344 g/mol. The van der Waals surface area contributed by atoms with Crippen LogP contribution in [0.15, 0.2) is 48.5 Å². The molecule has 25 heavy (non-hydrogen) atoms. The van der Waals surface area contributed by atoms with Gasteiger partial charge in [0.05, 0.1) is 7.11 Å². The molecule has 2 aromatic carbocycles. The maximum atomic E-state index is 12.0. The van der Waals surface area contributed by atoms with E-state index in [1.165, 1.54) is 0 Å². The Balaban J connectivity index is 1.77. The Morgan fingerprint density at radius 1 is 1.12 bits per heavy atom. The van der Waals surface area contributed by atoms with E-state index in [9.17, 15) is 9.90 Å². The summed E-state index contributed by atoms with van der Waals surface area (Å²) in [5, 5.41) is 15.4. The van der Waals surface area contributed by atoms with Gasteiger partial charge in [-0.3, -0.25) is 0 Å². The third kappa shape index (κ3) is 5.69. The summed E-state index contributed by atoms with van der Waals surface area (Å²) in [5.41, 5.74) is 1.82. The molecule has 0 heterocycles. The van der Waals surface area contributed by atoms with Gasteiger partial charge in [-0.2, -0.15) is 0 Å². The van der Waals surface area contributed by atoms with Gasteiger partial charge in [0, 0.05) is 12.2 Å². The van der Waals surface area contributed by atoms with Crippen molar-refractivity contribution in [3.63, 3.8) is 0 Å². The third-order valence-electron chi connectivity index (χ3n) is 3.65. The minimum absolute atomic E-state index is 0.0478. The Morgan fingerprint density at radius 3 is 2.52 bits per heavy atom. The smallest absolute Gasteiger partial charge is 0.319 e. The highest BCUT2D eigenvalue weighted by Gasteiger charge is 2.11. The number of aliphatic hydroxyl groups is 1. The van der Waals surface area contributed by atoms with Crippen LogP contribution in [-0.2, 0) is 6.42 Å². The summed E-state index contributed by atoms with van der Waals surface area (Å²) in [4.78, 5) is 12.0. The molecule has 6 heteroatoms. The minimum Gasteiger partial charge on any atom is -0.493 e. The fraction of sp³-hybridized carbons (Fsp3) is 0.316. The van der Waals surface area contributed by atoms with Crippen molar-refractivity contribution in [3.05, 3.63) is 54.1 Å². The van der Waals surface area contributed by atoms with Crippen molar-refractivity contribution in [3.8, 4) is 11.5 Å². The van der Waals surface area contributed by atoms with Crippen LogP contribution in [0.25, 0.3) is 0 Å². The SMILES string of the molecule is CCc1ccccc1NC(=O)NCC(O)COc1ccccc1OC. The van der Waals surface area contributed by atoms with Crippen LogP contribution in [0.5, 0.6) is 11.5 Å². The summed E-state index contributed by atoms with van der Waals surface area (Å²) in [5.74, 6) is 1.14. The number of para-hydroxylation sites is 3. The first kappa shape index (κ1) is 18.6. The number of urea groups is 1. The molecule has 3 N–H and O–H groups in total. The molecule has 2 amide bonds. The van der Waals surface area contributed by atoms with Crippen LogP contribution < -0.4 is 20.1 Å². The Bertz CT molecular complexity index is 691. The Labute approximate surface area is 147 Å². The van der Waals surface area contributed by atoms with Crippen molar-refractivity contribution < 1.29 is 19.4 Å². The summed E-state index contributed by atoms with van der Waals surface area (Å²) in [6.07, 6.45) is -0.0108. The average Bonchev–Trinajstić information content (AvgIpc) is 2.65. The van der Waals surface area contributed by atoms with Crippen LogP contribution in [0.4, 0.5) is 10.5 Å². The molecule has 0 aromatic heterocycles. The van der Waals surface area contributed by atoms with E-state index < -0.39 is 6.10 Å². The molecular weight excluding hydrogens is 320 g/mol. The molecule has 2 rings (SSSR count). The van der Waals surface area contributed by atoms with E-state index in [0.717, 1.165) is 17.7 Å². The molecule has 2 aromatic rings. The number of benzene rings is 2. The van der Waals surface area contributed by atoms with Crippen molar-refractivity contribution in [2.24, 2.45) is 0 Å². The average molecular weight is 344 g/mol. The van der Waals surface area contributed by atoms with Crippen molar-refractivity contribution in [1.29, 1.82) is 0 Å². The minimum atomic E-state index is -0.836. The molecule has 1 atom stereocenters. The van der Waals surface area contributed by atoms with Gasteiger partial charge in [0.2, 0.25) is 0 Å². The van der Waals surface area contributed by atoms with Gasteiger partial charge < -0.3 is 25.2 Å². The second kappa shape index (κ2) is 9.54. The predicted molar refractivity (Wildman–Crippen MR) is 97.3 cm³/mol. The molecule has 0 aliphatic heterocycles. The van der Waals surface area contributed by atoms with Gasteiger partial charge in [0.15, 0.2) is 11.5 Å². The van der Waals surface area contributed by atoms with Gasteiger partial charge in [-0.15, -0.1) is 0 Å². The van der Waals surface area contributed by atoms with Gasteiger partial charge >= 0.3 is 6.03 Å². The quantitative estimate of drug-likeness (QED) is 0.688. The molecule has 0 radical (unpaired) electrons. The zero-order valence-corrected chi connectivity index (χ0v) is 14.5. The number of anilines is 1. The number of aryl methyl sites for hydroxylation is 1. The van der Waals surface area contributed by atoms with E-state index in [0.29, 0.717) is 11.5 Å². The number of hydrogen-bond donors (Lipinski definition) is 3. The lowest BCUT2D eigenvalue weighted by atomic mass is 10.1. The standard InChI is InChI=1S/C19H24N2O4/c1-3-14-8-4-5-9-16(14)21-19(23)20-12-15(22)13-25-18-11-7-6-10-17(18)24-2/h4-11,15,22H,3,12-13H2,1-2H3,(H2,20,21,23). The second-order valence-corrected chi connectivity index (χ2v) is 5.46. The van der Waals surface area contributed by atoms with Crippen LogP contribution in [-0.4, -0.2) is 37.5 Å². The van der Waals surface area contributed by atoms with Crippen molar-refractivity contribution in [2.75, 3.05) is 25.6 Å². The number of carbonyl (C=O) groups excluding carboxylic acids is 1. The molecule has 1 unspecified atom stereocenters. The van der Waals surface area contributed by atoms with Crippen LogP contribution in [0, 0.1) is 0 Å². The van der Waals surface area contributed by atoms with Gasteiger partial charge in [-0.05, 0) is 30.2 Å². The molecular formula is C19H24N2O4. The lowest BCUT2D eigenvalue weighted by Gasteiger charge is -2.16. The maximum absolute atomic E-state index is 12.0. The third-order valence-corrected chi connectivity index (χ3v) is 3.65. The van der Waals surface area contributed by atoms with E-state index in [-0.39, 0.29) is 19.2 Å². The van der Waals surface area contributed by atoms with E-state index in [2.05, 4.69) is 10.6 Å². The first-order valence-electron chi connectivity index (χ1n) is 8.20. The second-order valence-electron chi connectivity index (χ2n) is 5.46. The maximum Gasteiger partial charge on any atom is 0.319 e. The van der Waals surface area contributed by atoms with Gasteiger partial charge in [0.1, 0.15) is 12.7 Å². The largest absolute Gasteiger partial charge is 0.493 e. The van der Waals surface area contributed by atoms with Gasteiger partial charge in [-0.1, -0.05) is 37.3 Å². The number of nitrogens with one attached hydrogen (secondary N) is 2. The number of carbonyl (C=O) groups is 1. The molecule has 0 bridgehead atoms. The van der Waals surface area contributed by atoms with E-state index in [1.807, 2.05) is 43.3 Å². The van der Waals surface area contributed by atoms with E-state index in [1.54, 1.807) is 19.2 Å². The number of ether oxygens (including phenoxy) is 2. The lowest BCUT2D eigenvalue weighted by Crippen LogP contribution is -2.37. The van der Waals surface area contributed by atoms with E-state index >= 15 is 0 Å². The molecule has 0 saturated heterocycles. The van der Waals surface area contributed by atoms with Crippen molar-refractivity contribution >= 4 is 11.7 Å². The highest BCUT2D eigenvalue weighted by atomic mass is 16.5. The summed E-state index contributed by atoms with van der Waals surface area (Å²) < 4.78 is 10.7. The van der Waals surface area contributed by atoms with Crippen molar-refractivity contribution in [1.82, 2.24) is 5.32 Å². The van der Waals surface area contributed by atoms with Crippen LogP contribution in [0.1, 0.15) is 12.5 Å². The molecule has 0 spiro atoms. The summed E-state index contributed by atoms with van der Waals surface area (Å²) in [6, 6.07) is 14.4. The predicted octanol–water partition coefficient (Wildman–Crippen LogP) is 2.82. The molecule has 0 saturated carbocycles. The first-order valence-corrected chi connectivity index (χ1v) is 8.20. The van der Waals surface area contributed by atoms with Gasteiger partial charge in [0.25, 0.3) is 0 Å². The number of rotatable bonds is 8. The fourth-order valence-corrected chi connectivity index (χ4v) is 2.31. The number of methoxy groups -OCH3 is 1. The Kier molecular flexibility index (Phi) is 7.10. The molecule has 134 valence electrons. The number of hydrogen-bond acceptors (Lipinski definition) is 4. The lowest BCUT2D eigenvalue weighted by molar-refractivity contribution is 0.106. The first-order chi connectivity index (χ1) is 12.1.